The van der Waals surface area contributed by atoms with Crippen molar-refractivity contribution in [3.63, 3.8) is 0 Å². The number of anilines is 1. The Kier molecular flexibility index (Phi) is 5.34. The van der Waals surface area contributed by atoms with E-state index in [9.17, 15) is 9.18 Å². The minimum absolute atomic E-state index is 0.141. The van der Waals surface area contributed by atoms with Crippen molar-refractivity contribution in [3.05, 3.63) is 28.5 Å². The highest BCUT2D eigenvalue weighted by Gasteiger charge is 2.15. The fraction of sp³-hybridized carbons (Fsp3) is 0.500. The third kappa shape index (κ3) is 4.28. The Hall–Kier alpha value is -0.940. The molecular formula is C14H18BrFN2O. The molecule has 0 spiro atoms. The van der Waals surface area contributed by atoms with E-state index in [4.69, 9.17) is 0 Å². The molecule has 1 aromatic carbocycles. The van der Waals surface area contributed by atoms with E-state index in [1.807, 2.05) is 0 Å². The highest BCUT2D eigenvalue weighted by atomic mass is 79.9. The van der Waals surface area contributed by atoms with E-state index in [2.05, 4.69) is 26.6 Å². The van der Waals surface area contributed by atoms with Gasteiger partial charge in [-0.05, 0) is 53.9 Å². The van der Waals surface area contributed by atoms with Crippen molar-refractivity contribution < 1.29 is 9.18 Å². The van der Waals surface area contributed by atoms with Gasteiger partial charge in [-0.2, -0.15) is 0 Å². The summed E-state index contributed by atoms with van der Waals surface area (Å²) in [5, 5.41) is 6.03. The molecule has 0 aromatic heterocycles. The molecule has 1 saturated heterocycles. The largest absolute Gasteiger partial charge is 0.323 e. The monoisotopic (exact) mass is 328 g/mol. The summed E-state index contributed by atoms with van der Waals surface area (Å²) >= 11 is 3.24. The molecule has 1 amide bonds. The number of para-hydroxylation sites is 1. The SMILES string of the molecule is O=C(CCC1CCCCN1)Nc1c(F)cccc1Br. The molecule has 104 valence electrons. The lowest BCUT2D eigenvalue weighted by Gasteiger charge is -2.23. The van der Waals surface area contributed by atoms with Crippen LogP contribution in [-0.2, 0) is 4.79 Å². The van der Waals surface area contributed by atoms with Crippen LogP contribution in [0, 0.1) is 5.82 Å². The first-order chi connectivity index (χ1) is 9.16. The lowest BCUT2D eigenvalue weighted by molar-refractivity contribution is -0.116. The average Bonchev–Trinajstić information content (AvgIpc) is 2.42. The molecule has 19 heavy (non-hydrogen) atoms. The first kappa shape index (κ1) is 14.5. The molecule has 1 atom stereocenters. The molecule has 1 aliphatic rings. The summed E-state index contributed by atoms with van der Waals surface area (Å²) in [5.41, 5.74) is 0.226. The molecule has 2 N–H and O–H groups in total. The topological polar surface area (TPSA) is 41.1 Å². The number of nitrogens with one attached hydrogen (secondary N) is 2. The van der Waals surface area contributed by atoms with Gasteiger partial charge >= 0.3 is 0 Å². The van der Waals surface area contributed by atoms with Gasteiger partial charge in [-0.3, -0.25) is 4.79 Å². The van der Waals surface area contributed by atoms with E-state index in [1.165, 1.54) is 18.9 Å². The van der Waals surface area contributed by atoms with Gasteiger partial charge in [-0.1, -0.05) is 12.5 Å². The maximum absolute atomic E-state index is 13.5. The van der Waals surface area contributed by atoms with Crippen LogP contribution in [0.3, 0.4) is 0 Å². The molecular weight excluding hydrogens is 311 g/mol. The fourth-order valence-corrected chi connectivity index (χ4v) is 2.74. The molecule has 0 radical (unpaired) electrons. The van der Waals surface area contributed by atoms with Gasteiger partial charge in [-0.15, -0.1) is 0 Å². The standard InChI is InChI=1S/C14H18BrFN2O/c15-11-5-3-6-12(16)14(11)18-13(19)8-7-10-4-1-2-9-17-10/h3,5-6,10,17H,1-2,4,7-9H2,(H,18,19). The molecule has 1 unspecified atom stereocenters. The predicted molar refractivity (Wildman–Crippen MR) is 77.6 cm³/mol. The van der Waals surface area contributed by atoms with Crippen molar-refractivity contribution >= 4 is 27.5 Å². The van der Waals surface area contributed by atoms with Gasteiger partial charge in [0.15, 0.2) is 0 Å². The van der Waals surface area contributed by atoms with Gasteiger partial charge in [0.25, 0.3) is 0 Å². The summed E-state index contributed by atoms with van der Waals surface area (Å²) in [4.78, 5) is 11.8. The Morgan fingerprint density at radius 1 is 1.47 bits per heavy atom. The lowest BCUT2D eigenvalue weighted by atomic mass is 10.0. The number of piperidine rings is 1. The molecule has 3 nitrogen and oxygen atoms in total. The number of benzene rings is 1. The van der Waals surface area contributed by atoms with Crippen LogP contribution in [0.1, 0.15) is 32.1 Å². The van der Waals surface area contributed by atoms with Gasteiger partial charge in [0.2, 0.25) is 5.91 Å². The normalized spacial score (nSPS) is 19.2. The van der Waals surface area contributed by atoms with Crippen LogP contribution in [-0.4, -0.2) is 18.5 Å². The Morgan fingerprint density at radius 2 is 2.32 bits per heavy atom. The molecule has 1 aromatic rings. The smallest absolute Gasteiger partial charge is 0.224 e. The molecule has 1 fully saturated rings. The van der Waals surface area contributed by atoms with Gasteiger partial charge in [0, 0.05) is 16.9 Å². The Balaban J connectivity index is 1.83. The zero-order valence-corrected chi connectivity index (χ0v) is 12.3. The lowest BCUT2D eigenvalue weighted by Crippen LogP contribution is -2.34. The van der Waals surface area contributed by atoms with Crippen molar-refractivity contribution in [3.8, 4) is 0 Å². The van der Waals surface area contributed by atoms with Crippen LogP contribution in [0.4, 0.5) is 10.1 Å². The Labute approximate surface area is 121 Å². The highest BCUT2D eigenvalue weighted by molar-refractivity contribution is 9.10. The maximum atomic E-state index is 13.5. The summed E-state index contributed by atoms with van der Waals surface area (Å²) in [5.74, 6) is -0.559. The highest BCUT2D eigenvalue weighted by Crippen LogP contribution is 2.25. The third-order valence-corrected chi connectivity index (χ3v) is 4.02. The van der Waals surface area contributed by atoms with Crippen LogP contribution >= 0.6 is 15.9 Å². The minimum atomic E-state index is -0.418. The average molecular weight is 329 g/mol. The van der Waals surface area contributed by atoms with Crippen LogP contribution in [0.2, 0.25) is 0 Å². The zero-order valence-electron chi connectivity index (χ0n) is 10.7. The Bertz CT molecular complexity index is 427. The number of hydrogen-bond acceptors (Lipinski definition) is 2. The molecule has 5 heteroatoms. The van der Waals surface area contributed by atoms with E-state index in [1.54, 1.807) is 12.1 Å². The summed E-state index contributed by atoms with van der Waals surface area (Å²) in [6.07, 6.45) is 4.77. The second kappa shape index (κ2) is 7.01. The first-order valence-corrected chi connectivity index (χ1v) is 7.43. The van der Waals surface area contributed by atoms with Crippen molar-refractivity contribution in [2.75, 3.05) is 11.9 Å². The van der Waals surface area contributed by atoms with Crippen molar-refractivity contribution in [1.29, 1.82) is 0 Å². The van der Waals surface area contributed by atoms with E-state index in [0.717, 1.165) is 19.4 Å². The number of rotatable bonds is 4. The van der Waals surface area contributed by atoms with E-state index >= 15 is 0 Å². The number of halogens is 2. The van der Waals surface area contributed by atoms with E-state index in [-0.39, 0.29) is 11.6 Å². The molecule has 0 bridgehead atoms. The third-order valence-electron chi connectivity index (χ3n) is 3.36. The van der Waals surface area contributed by atoms with Crippen LogP contribution in [0.25, 0.3) is 0 Å². The summed E-state index contributed by atoms with van der Waals surface area (Å²) < 4.78 is 14.1. The van der Waals surface area contributed by atoms with Gasteiger partial charge < -0.3 is 10.6 Å². The maximum Gasteiger partial charge on any atom is 0.224 e. The first-order valence-electron chi connectivity index (χ1n) is 6.64. The fourth-order valence-electron chi connectivity index (χ4n) is 2.29. The zero-order chi connectivity index (χ0) is 13.7. The molecule has 1 aliphatic heterocycles. The number of amides is 1. The van der Waals surface area contributed by atoms with E-state index < -0.39 is 5.82 Å². The minimum Gasteiger partial charge on any atom is -0.323 e. The van der Waals surface area contributed by atoms with Crippen molar-refractivity contribution in [2.24, 2.45) is 0 Å². The predicted octanol–water partition coefficient (Wildman–Crippen LogP) is 3.45. The Morgan fingerprint density at radius 3 is 3.00 bits per heavy atom. The van der Waals surface area contributed by atoms with Gasteiger partial charge in [0.1, 0.15) is 5.82 Å². The molecule has 2 rings (SSSR count). The summed E-state index contributed by atoms with van der Waals surface area (Å²) in [6, 6.07) is 5.06. The molecule has 0 aliphatic carbocycles. The van der Waals surface area contributed by atoms with Crippen molar-refractivity contribution in [2.45, 2.75) is 38.1 Å². The number of carbonyl (C=O) groups excluding carboxylic acids is 1. The van der Waals surface area contributed by atoms with Crippen molar-refractivity contribution in [1.82, 2.24) is 5.32 Å². The van der Waals surface area contributed by atoms with Crippen LogP contribution in [0.15, 0.2) is 22.7 Å². The number of hydrogen-bond donors (Lipinski definition) is 2. The van der Waals surface area contributed by atoms with Gasteiger partial charge in [-0.25, -0.2) is 4.39 Å². The second-order valence-electron chi connectivity index (χ2n) is 4.83. The molecule has 1 heterocycles. The number of carbonyl (C=O) groups is 1. The van der Waals surface area contributed by atoms with Crippen LogP contribution in [0.5, 0.6) is 0 Å². The molecule has 0 saturated carbocycles. The summed E-state index contributed by atoms with van der Waals surface area (Å²) in [7, 11) is 0. The summed E-state index contributed by atoms with van der Waals surface area (Å²) in [6.45, 7) is 1.03. The van der Waals surface area contributed by atoms with E-state index in [0.29, 0.717) is 16.9 Å². The van der Waals surface area contributed by atoms with Gasteiger partial charge in [0.05, 0.1) is 5.69 Å². The quantitative estimate of drug-likeness (QED) is 0.888. The van der Waals surface area contributed by atoms with Crippen LogP contribution < -0.4 is 10.6 Å². The second-order valence-corrected chi connectivity index (χ2v) is 5.68.